The average Bonchev–Trinajstić information content (AvgIpc) is 3.01. The van der Waals surface area contributed by atoms with Crippen molar-refractivity contribution >= 4 is 15.9 Å². The van der Waals surface area contributed by atoms with E-state index in [-0.39, 0.29) is 11.4 Å². The third-order valence-corrected chi connectivity index (χ3v) is 3.48. The number of hydrogen-bond donors (Lipinski definition) is 0. The van der Waals surface area contributed by atoms with Crippen molar-refractivity contribution in [2.45, 2.75) is 13.0 Å². The summed E-state index contributed by atoms with van der Waals surface area (Å²) < 4.78 is 31.9. The maximum Gasteiger partial charge on any atom is 0.314 e. The smallest absolute Gasteiger partial charge is 0.314 e. The molecule has 0 saturated heterocycles. The lowest BCUT2D eigenvalue weighted by molar-refractivity contribution is 0.116. The Labute approximate surface area is 136 Å². The van der Waals surface area contributed by atoms with Gasteiger partial charge in [0.1, 0.15) is 0 Å². The number of halogens is 3. The van der Waals surface area contributed by atoms with E-state index in [1.54, 1.807) is 24.4 Å². The molecule has 0 saturated carbocycles. The summed E-state index contributed by atoms with van der Waals surface area (Å²) in [6, 6.07) is 6.49. The van der Waals surface area contributed by atoms with E-state index in [2.05, 4.69) is 31.1 Å². The Kier molecular flexibility index (Phi) is 4.28. The van der Waals surface area contributed by atoms with Gasteiger partial charge in [-0.1, -0.05) is 15.9 Å². The number of rotatable bonds is 4. The maximum atomic E-state index is 12.4. The summed E-state index contributed by atoms with van der Waals surface area (Å²) in [5.74, 6) is -0.759. The van der Waals surface area contributed by atoms with Crippen molar-refractivity contribution in [3.8, 4) is 11.5 Å². The number of pyridine rings is 2. The van der Waals surface area contributed by atoms with Crippen LogP contribution in [0.2, 0.25) is 0 Å². The monoisotopic (exact) mass is 382 g/mol. The van der Waals surface area contributed by atoms with Gasteiger partial charge in [-0.15, -0.1) is 10.2 Å². The highest BCUT2D eigenvalue weighted by Gasteiger charge is 2.17. The van der Waals surface area contributed by atoms with E-state index >= 15 is 0 Å². The highest BCUT2D eigenvalue weighted by atomic mass is 79.9. The van der Waals surface area contributed by atoms with Crippen LogP contribution >= 0.6 is 15.9 Å². The molecule has 0 unspecified atom stereocenters. The molecule has 9 heteroatoms. The first-order chi connectivity index (χ1) is 11.0. The van der Waals surface area contributed by atoms with E-state index in [4.69, 9.17) is 4.42 Å². The molecule has 23 heavy (non-hydrogen) atoms. The van der Waals surface area contributed by atoms with Gasteiger partial charge in [-0.25, -0.2) is 0 Å². The summed E-state index contributed by atoms with van der Waals surface area (Å²) >= 11 is 3.22. The number of nitrogens with zero attached hydrogens (tertiary/aromatic N) is 4. The SMILES string of the molecule is O=c1cc(Br)ccn1Cc1ccc(-c2nnc(C(F)F)o2)cn1. The quantitative estimate of drug-likeness (QED) is 0.693. The van der Waals surface area contributed by atoms with E-state index in [1.807, 2.05) is 0 Å². The molecule has 3 aromatic heterocycles. The molecule has 0 spiro atoms. The van der Waals surface area contributed by atoms with E-state index < -0.39 is 12.3 Å². The summed E-state index contributed by atoms with van der Waals surface area (Å²) in [6.45, 7) is 0.290. The fraction of sp³-hybridized carbons (Fsp3) is 0.143. The molecule has 0 amide bonds. The van der Waals surface area contributed by atoms with Gasteiger partial charge in [0.25, 0.3) is 11.4 Å². The molecule has 6 nitrogen and oxygen atoms in total. The van der Waals surface area contributed by atoms with Crippen molar-refractivity contribution in [1.29, 1.82) is 0 Å². The third kappa shape index (κ3) is 3.50. The van der Waals surface area contributed by atoms with Gasteiger partial charge in [-0.3, -0.25) is 9.78 Å². The first-order valence-electron chi connectivity index (χ1n) is 6.46. The van der Waals surface area contributed by atoms with Gasteiger partial charge in [-0.05, 0) is 18.2 Å². The van der Waals surface area contributed by atoms with Crippen LogP contribution in [0.3, 0.4) is 0 Å². The molecule has 0 aliphatic carbocycles. The van der Waals surface area contributed by atoms with Crippen LogP contribution in [-0.2, 0) is 6.54 Å². The first kappa shape index (κ1) is 15.5. The highest BCUT2D eigenvalue weighted by Crippen LogP contribution is 2.22. The minimum atomic E-state index is -2.81. The van der Waals surface area contributed by atoms with Crippen LogP contribution in [-0.4, -0.2) is 19.7 Å². The molecule has 3 aromatic rings. The van der Waals surface area contributed by atoms with Gasteiger partial charge in [-0.2, -0.15) is 8.78 Å². The lowest BCUT2D eigenvalue weighted by Gasteiger charge is -2.05. The van der Waals surface area contributed by atoms with Crippen LogP contribution < -0.4 is 5.56 Å². The predicted molar refractivity (Wildman–Crippen MR) is 80.0 cm³/mol. The molecule has 0 atom stereocenters. The Hall–Kier alpha value is -2.42. The first-order valence-corrected chi connectivity index (χ1v) is 7.25. The minimum Gasteiger partial charge on any atom is -0.415 e. The van der Waals surface area contributed by atoms with Crippen molar-refractivity contribution in [1.82, 2.24) is 19.7 Å². The average molecular weight is 383 g/mol. The van der Waals surface area contributed by atoms with E-state index in [0.29, 0.717) is 22.3 Å². The lowest BCUT2D eigenvalue weighted by Crippen LogP contribution is -2.19. The van der Waals surface area contributed by atoms with Crippen LogP contribution in [0.15, 0.2) is 50.3 Å². The van der Waals surface area contributed by atoms with Crippen LogP contribution in [0.1, 0.15) is 18.0 Å². The Morgan fingerprint density at radius 2 is 2.09 bits per heavy atom. The van der Waals surface area contributed by atoms with Gasteiger partial charge >= 0.3 is 6.43 Å². The van der Waals surface area contributed by atoms with Crippen LogP contribution in [0.4, 0.5) is 8.78 Å². The Morgan fingerprint density at radius 3 is 2.70 bits per heavy atom. The maximum absolute atomic E-state index is 12.4. The highest BCUT2D eigenvalue weighted by molar-refractivity contribution is 9.10. The van der Waals surface area contributed by atoms with Crippen molar-refractivity contribution in [2.24, 2.45) is 0 Å². The third-order valence-electron chi connectivity index (χ3n) is 2.99. The molecule has 0 fully saturated rings. The van der Waals surface area contributed by atoms with Crippen molar-refractivity contribution in [3.05, 3.63) is 63.1 Å². The molecule has 0 N–H and O–H groups in total. The van der Waals surface area contributed by atoms with Crippen LogP contribution in [0.25, 0.3) is 11.5 Å². The van der Waals surface area contributed by atoms with E-state index in [0.717, 1.165) is 0 Å². The molecule has 0 radical (unpaired) electrons. The number of hydrogen-bond acceptors (Lipinski definition) is 5. The second kappa shape index (κ2) is 6.37. The minimum absolute atomic E-state index is 0.0276. The molecule has 0 aliphatic heterocycles. The second-order valence-electron chi connectivity index (χ2n) is 4.60. The zero-order valence-corrected chi connectivity index (χ0v) is 13.1. The van der Waals surface area contributed by atoms with Gasteiger partial charge in [0.2, 0.25) is 5.89 Å². The van der Waals surface area contributed by atoms with E-state index in [1.165, 1.54) is 16.8 Å². The second-order valence-corrected chi connectivity index (χ2v) is 5.51. The number of alkyl halides is 2. The van der Waals surface area contributed by atoms with Gasteiger partial charge in [0, 0.05) is 22.9 Å². The molecular formula is C14H9BrF2N4O2. The lowest BCUT2D eigenvalue weighted by atomic mass is 10.2. The molecule has 0 bridgehead atoms. The molecule has 3 rings (SSSR count). The zero-order chi connectivity index (χ0) is 16.4. The van der Waals surface area contributed by atoms with Crippen molar-refractivity contribution in [3.63, 3.8) is 0 Å². The summed E-state index contributed by atoms with van der Waals surface area (Å²) in [4.78, 5) is 16.0. The van der Waals surface area contributed by atoms with Gasteiger partial charge < -0.3 is 8.98 Å². The Bertz CT molecular complexity index is 877. The fourth-order valence-corrected chi connectivity index (χ4v) is 2.19. The summed E-state index contributed by atoms with van der Waals surface area (Å²) in [5.41, 5.74) is 0.895. The predicted octanol–water partition coefficient (Wildman–Crippen LogP) is 3.04. The molecular weight excluding hydrogens is 374 g/mol. The Balaban J connectivity index is 1.80. The van der Waals surface area contributed by atoms with Crippen LogP contribution in [0, 0.1) is 0 Å². The largest absolute Gasteiger partial charge is 0.415 e. The standard InChI is InChI=1S/C14H9BrF2N4O2/c15-9-3-4-21(11(22)5-9)7-10-2-1-8(6-18-10)13-19-20-14(23-13)12(16)17/h1-6,12H,7H2. The van der Waals surface area contributed by atoms with Crippen molar-refractivity contribution < 1.29 is 13.2 Å². The van der Waals surface area contributed by atoms with Crippen molar-refractivity contribution in [2.75, 3.05) is 0 Å². The molecule has 3 heterocycles. The Morgan fingerprint density at radius 1 is 1.26 bits per heavy atom. The molecule has 0 aliphatic rings. The van der Waals surface area contributed by atoms with Crippen LogP contribution in [0.5, 0.6) is 0 Å². The van der Waals surface area contributed by atoms with E-state index in [9.17, 15) is 13.6 Å². The topological polar surface area (TPSA) is 73.8 Å². The normalized spacial score (nSPS) is 11.1. The fourth-order valence-electron chi connectivity index (χ4n) is 1.87. The summed E-state index contributed by atoms with van der Waals surface area (Å²) in [7, 11) is 0. The van der Waals surface area contributed by atoms with Gasteiger partial charge in [0.15, 0.2) is 0 Å². The molecule has 0 aromatic carbocycles. The van der Waals surface area contributed by atoms with Gasteiger partial charge in [0.05, 0.1) is 17.8 Å². The molecule has 118 valence electrons. The summed E-state index contributed by atoms with van der Waals surface area (Å²) in [6.07, 6.45) is 0.268. The number of aromatic nitrogens is 4. The zero-order valence-electron chi connectivity index (χ0n) is 11.5. The summed E-state index contributed by atoms with van der Waals surface area (Å²) in [5, 5.41) is 6.81.